The number of hydrogen-bond donors (Lipinski definition) is 1. The van der Waals surface area contributed by atoms with Gasteiger partial charge in [0.25, 0.3) is 0 Å². The van der Waals surface area contributed by atoms with E-state index >= 15 is 0 Å². The second kappa shape index (κ2) is 10.0. The van der Waals surface area contributed by atoms with Crippen molar-refractivity contribution in [2.45, 2.75) is 65.0 Å². The zero-order valence-electron chi connectivity index (χ0n) is 22.7. The van der Waals surface area contributed by atoms with Gasteiger partial charge in [-0.2, -0.15) is 0 Å². The SMILES string of the molecule is CCN1CCN(c2ccc(C(N)=O)c([C@H](CC(C)(C)C)C(=O)N3C[C@H](C4CC4)[C@H]4OCC(=O)[C@H]43)c2)CC1. The summed E-state index contributed by atoms with van der Waals surface area (Å²) in [6.07, 6.45) is 2.63. The summed E-state index contributed by atoms with van der Waals surface area (Å²) in [6.45, 7) is 13.9. The number of piperazine rings is 1. The average molecular weight is 511 g/mol. The standard InChI is InChI=1S/C29H42N4O4/c1-5-31-10-12-32(13-11-31)19-8-9-20(27(30)35)21(14-19)22(15-29(2,3)4)28(36)33-16-23(18-6-7-18)26-25(33)24(34)17-37-26/h8-9,14,18,22-23,25-26H,5-7,10-13,15-17H2,1-4H3,(H2,30,35)/t22-,23+,25+,26+/m0/s1. The summed E-state index contributed by atoms with van der Waals surface area (Å²) in [5.74, 6) is -0.432. The van der Waals surface area contributed by atoms with Crippen LogP contribution in [0, 0.1) is 17.3 Å². The maximum Gasteiger partial charge on any atom is 0.249 e. The zero-order valence-corrected chi connectivity index (χ0v) is 22.7. The third-order valence-corrected chi connectivity index (χ3v) is 8.71. The molecule has 0 spiro atoms. The lowest BCUT2D eigenvalue weighted by Gasteiger charge is -2.36. The zero-order chi connectivity index (χ0) is 26.5. The molecule has 2 N–H and O–H groups in total. The van der Waals surface area contributed by atoms with E-state index in [-0.39, 0.29) is 35.7 Å². The first-order valence-corrected chi connectivity index (χ1v) is 13.9. The van der Waals surface area contributed by atoms with Gasteiger partial charge in [0.05, 0.1) is 12.0 Å². The Labute approximate surface area is 220 Å². The predicted molar refractivity (Wildman–Crippen MR) is 143 cm³/mol. The second-order valence-corrected chi connectivity index (χ2v) is 12.6. The second-order valence-electron chi connectivity index (χ2n) is 12.6. The molecule has 4 fully saturated rings. The van der Waals surface area contributed by atoms with E-state index in [9.17, 15) is 14.4 Å². The third kappa shape index (κ3) is 5.28. The highest BCUT2D eigenvalue weighted by atomic mass is 16.5. The van der Waals surface area contributed by atoms with Gasteiger partial charge in [0.2, 0.25) is 11.8 Å². The van der Waals surface area contributed by atoms with Crippen LogP contribution in [0.5, 0.6) is 0 Å². The first-order valence-electron chi connectivity index (χ1n) is 13.9. The molecule has 202 valence electrons. The van der Waals surface area contributed by atoms with Gasteiger partial charge in [0, 0.05) is 49.9 Å². The maximum absolute atomic E-state index is 14.4. The largest absolute Gasteiger partial charge is 0.369 e. The van der Waals surface area contributed by atoms with Crippen LogP contribution in [-0.2, 0) is 14.3 Å². The molecule has 0 aromatic heterocycles. The molecule has 3 aliphatic heterocycles. The lowest BCUT2D eigenvalue weighted by atomic mass is 9.79. The van der Waals surface area contributed by atoms with Gasteiger partial charge >= 0.3 is 0 Å². The number of anilines is 1. The number of nitrogens with zero attached hydrogens (tertiary/aromatic N) is 3. The molecular weight excluding hydrogens is 468 g/mol. The van der Waals surface area contributed by atoms with Crippen molar-refractivity contribution >= 4 is 23.3 Å². The summed E-state index contributed by atoms with van der Waals surface area (Å²) >= 11 is 0. The molecule has 5 rings (SSSR count). The number of ether oxygens (including phenoxy) is 1. The topological polar surface area (TPSA) is 96.2 Å². The van der Waals surface area contributed by atoms with Crippen LogP contribution in [0.1, 0.15) is 68.8 Å². The third-order valence-electron chi connectivity index (χ3n) is 8.71. The number of nitrogens with two attached hydrogens (primary N) is 1. The van der Waals surface area contributed by atoms with Gasteiger partial charge in [-0.05, 0) is 60.9 Å². The molecule has 4 atom stereocenters. The van der Waals surface area contributed by atoms with Crippen LogP contribution < -0.4 is 10.6 Å². The normalized spacial score (nSPS) is 27.5. The molecular formula is C29H42N4O4. The Morgan fingerprint density at radius 2 is 1.84 bits per heavy atom. The number of ketones is 1. The van der Waals surface area contributed by atoms with Crippen LogP contribution in [0.3, 0.4) is 0 Å². The van der Waals surface area contributed by atoms with Crippen molar-refractivity contribution in [2.24, 2.45) is 23.0 Å². The Morgan fingerprint density at radius 1 is 1.14 bits per heavy atom. The fraction of sp³-hybridized carbons (Fsp3) is 0.690. The van der Waals surface area contributed by atoms with E-state index in [0.717, 1.165) is 51.3 Å². The summed E-state index contributed by atoms with van der Waals surface area (Å²) < 4.78 is 5.92. The smallest absolute Gasteiger partial charge is 0.249 e. The van der Waals surface area contributed by atoms with E-state index < -0.39 is 17.9 Å². The molecule has 3 heterocycles. The van der Waals surface area contributed by atoms with E-state index in [2.05, 4.69) is 37.5 Å². The van der Waals surface area contributed by atoms with Gasteiger partial charge in [-0.15, -0.1) is 0 Å². The Morgan fingerprint density at radius 3 is 2.43 bits per heavy atom. The molecule has 37 heavy (non-hydrogen) atoms. The predicted octanol–water partition coefficient (Wildman–Crippen LogP) is 2.65. The minimum Gasteiger partial charge on any atom is -0.369 e. The number of likely N-dealkylation sites (N-methyl/N-ethyl adjacent to an activating group) is 1. The van der Waals surface area contributed by atoms with Crippen LogP contribution >= 0.6 is 0 Å². The van der Waals surface area contributed by atoms with Gasteiger partial charge in [0.15, 0.2) is 5.78 Å². The van der Waals surface area contributed by atoms with Crippen molar-refractivity contribution in [1.82, 2.24) is 9.80 Å². The van der Waals surface area contributed by atoms with Crippen molar-refractivity contribution in [3.8, 4) is 0 Å². The lowest BCUT2D eigenvalue weighted by Crippen LogP contribution is -2.46. The molecule has 1 aliphatic carbocycles. The molecule has 8 nitrogen and oxygen atoms in total. The number of Topliss-reactive ketones (excluding diaryl/α,β-unsaturated/α-hetero) is 1. The molecule has 1 aromatic carbocycles. The van der Waals surface area contributed by atoms with E-state index in [0.29, 0.717) is 30.0 Å². The highest BCUT2D eigenvalue weighted by molar-refractivity contribution is 5.99. The summed E-state index contributed by atoms with van der Waals surface area (Å²) in [5.41, 5.74) is 7.76. The molecule has 8 heteroatoms. The molecule has 2 amide bonds. The number of rotatable bonds is 7. The van der Waals surface area contributed by atoms with Gasteiger partial charge in [-0.25, -0.2) is 0 Å². The number of fused-ring (bicyclic) bond motifs is 1. The summed E-state index contributed by atoms with van der Waals surface area (Å²) in [5, 5.41) is 0. The molecule has 1 aromatic rings. The Bertz CT molecular complexity index is 1050. The lowest BCUT2D eigenvalue weighted by molar-refractivity contribution is -0.138. The monoisotopic (exact) mass is 510 g/mol. The molecule has 1 saturated carbocycles. The highest BCUT2D eigenvalue weighted by Crippen LogP contribution is 2.47. The van der Waals surface area contributed by atoms with Crippen LogP contribution in [0.4, 0.5) is 5.69 Å². The molecule has 3 saturated heterocycles. The Kier molecular flexibility index (Phi) is 7.09. The first-order chi connectivity index (χ1) is 17.6. The van der Waals surface area contributed by atoms with E-state index in [4.69, 9.17) is 10.5 Å². The average Bonchev–Trinajstić information content (AvgIpc) is 3.54. The van der Waals surface area contributed by atoms with Crippen LogP contribution in [-0.4, -0.2) is 85.4 Å². The summed E-state index contributed by atoms with van der Waals surface area (Å²) in [4.78, 5) is 46.4. The number of amides is 2. The molecule has 0 bridgehead atoms. The number of benzene rings is 1. The molecule has 0 unspecified atom stereocenters. The minimum absolute atomic E-state index is 0.00585. The van der Waals surface area contributed by atoms with Crippen molar-refractivity contribution in [3.63, 3.8) is 0 Å². The van der Waals surface area contributed by atoms with Gasteiger partial charge in [-0.1, -0.05) is 27.7 Å². The van der Waals surface area contributed by atoms with Gasteiger partial charge in [-0.3, -0.25) is 14.4 Å². The summed E-state index contributed by atoms with van der Waals surface area (Å²) in [6, 6.07) is 5.23. The fourth-order valence-electron chi connectivity index (χ4n) is 6.58. The molecule has 0 radical (unpaired) electrons. The first kappa shape index (κ1) is 26.2. The fourth-order valence-corrected chi connectivity index (χ4v) is 6.58. The number of carbonyl (C=O) groups excluding carboxylic acids is 3. The van der Waals surface area contributed by atoms with Crippen molar-refractivity contribution in [1.29, 1.82) is 0 Å². The van der Waals surface area contributed by atoms with Gasteiger partial charge in [0.1, 0.15) is 12.6 Å². The Balaban J connectivity index is 1.50. The van der Waals surface area contributed by atoms with Crippen LogP contribution in [0.25, 0.3) is 0 Å². The quantitative estimate of drug-likeness (QED) is 0.606. The highest BCUT2D eigenvalue weighted by Gasteiger charge is 2.56. The summed E-state index contributed by atoms with van der Waals surface area (Å²) in [7, 11) is 0. The van der Waals surface area contributed by atoms with E-state index in [1.165, 1.54) is 0 Å². The minimum atomic E-state index is -0.564. The molecule has 4 aliphatic rings. The van der Waals surface area contributed by atoms with Crippen LogP contribution in [0.2, 0.25) is 0 Å². The maximum atomic E-state index is 14.4. The number of hydrogen-bond acceptors (Lipinski definition) is 6. The van der Waals surface area contributed by atoms with Gasteiger partial charge < -0.3 is 25.2 Å². The van der Waals surface area contributed by atoms with Crippen molar-refractivity contribution in [2.75, 3.05) is 50.8 Å². The number of likely N-dealkylation sites (tertiary alicyclic amines) is 1. The number of primary amides is 1. The van der Waals surface area contributed by atoms with Crippen molar-refractivity contribution < 1.29 is 19.1 Å². The van der Waals surface area contributed by atoms with Crippen molar-refractivity contribution in [3.05, 3.63) is 29.3 Å². The number of carbonyl (C=O) groups is 3. The van der Waals surface area contributed by atoms with E-state index in [1.54, 1.807) is 11.0 Å². The van der Waals surface area contributed by atoms with Crippen LogP contribution in [0.15, 0.2) is 18.2 Å². The Hall–Kier alpha value is -2.45. The van der Waals surface area contributed by atoms with E-state index in [1.807, 2.05) is 12.1 Å².